The summed E-state index contributed by atoms with van der Waals surface area (Å²) in [7, 11) is 1.69. The van der Waals surface area contributed by atoms with Crippen LogP contribution in [0.25, 0.3) is 32.8 Å². The summed E-state index contributed by atoms with van der Waals surface area (Å²) in [5.74, 6) is 0.949. The van der Waals surface area contributed by atoms with Crippen LogP contribution in [0.2, 0.25) is 0 Å². The van der Waals surface area contributed by atoms with Gasteiger partial charge in [0.15, 0.2) is 0 Å². The number of nitrogens with one attached hydrogen (secondary N) is 1. The molecule has 2 heterocycles. The molecule has 5 rings (SSSR count). The predicted molar refractivity (Wildman–Crippen MR) is 137 cm³/mol. The first-order valence-electron chi connectivity index (χ1n) is 11.7. The van der Waals surface area contributed by atoms with E-state index in [0.29, 0.717) is 36.2 Å². The standard InChI is InChI=1S/C25H24N4O3.C2H6/c1-3-23(31)28-13-17(14-28)24-27-22-9-8-16(11-21(22)25(32)29(24)26-2)20-12-18(30)10-15-6-4-5-7-19(15)20;1-2/h4-12,17,26,30H,3,13-14H2,1-2H3;1-2H3. The first-order valence-corrected chi connectivity index (χ1v) is 11.7. The summed E-state index contributed by atoms with van der Waals surface area (Å²) >= 11 is 0. The van der Waals surface area contributed by atoms with Crippen molar-refractivity contribution < 1.29 is 9.90 Å². The maximum Gasteiger partial charge on any atom is 0.279 e. The van der Waals surface area contributed by atoms with E-state index in [4.69, 9.17) is 4.98 Å². The summed E-state index contributed by atoms with van der Waals surface area (Å²) in [5, 5.41) is 12.6. The molecule has 0 spiro atoms. The molecular formula is C27H30N4O3. The Balaban J connectivity index is 0.00000133. The van der Waals surface area contributed by atoms with E-state index in [1.807, 2.05) is 63.2 Å². The fourth-order valence-electron chi connectivity index (χ4n) is 4.46. The molecule has 1 aliphatic rings. The molecular weight excluding hydrogens is 428 g/mol. The molecule has 176 valence electrons. The van der Waals surface area contributed by atoms with E-state index in [1.165, 1.54) is 4.68 Å². The van der Waals surface area contributed by atoms with E-state index < -0.39 is 0 Å². The van der Waals surface area contributed by atoms with Crippen LogP contribution in [0.4, 0.5) is 0 Å². The van der Waals surface area contributed by atoms with E-state index in [-0.39, 0.29) is 23.1 Å². The molecule has 1 aromatic heterocycles. The van der Waals surface area contributed by atoms with E-state index in [0.717, 1.165) is 21.9 Å². The van der Waals surface area contributed by atoms with Gasteiger partial charge in [0.05, 0.1) is 16.8 Å². The van der Waals surface area contributed by atoms with Gasteiger partial charge in [-0.25, -0.2) is 9.66 Å². The second kappa shape index (κ2) is 9.55. The second-order valence-electron chi connectivity index (χ2n) is 8.13. The molecule has 0 saturated carbocycles. The largest absolute Gasteiger partial charge is 0.508 e. The van der Waals surface area contributed by atoms with Gasteiger partial charge in [-0.2, -0.15) is 0 Å². The number of carbonyl (C=O) groups excluding carboxylic acids is 1. The minimum atomic E-state index is -0.181. The molecule has 4 aromatic rings. The van der Waals surface area contributed by atoms with Crippen molar-refractivity contribution in [3.05, 3.63) is 70.8 Å². The number of amides is 1. The van der Waals surface area contributed by atoms with Crippen LogP contribution < -0.4 is 11.0 Å². The van der Waals surface area contributed by atoms with Crippen LogP contribution in [0.3, 0.4) is 0 Å². The third-order valence-corrected chi connectivity index (χ3v) is 6.18. The molecule has 7 heteroatoms. The third-order valence-electron chi connectivity index (χ3n) is 6.18. The van der Waals surface area contributed by atoms with Crippen LogP contribution in [0.15, 0.2) is 59.4 Å². The second-order valence-corrected chi connectivity index (χ2v) is 8.13. The van der Waals surface area contributed by atoms with Crippen LogP contribution in [0.5, 0.6) is 5.75 Å². The van der Waals surface area contributed by atoms with E-state index in [1.54, 1.807) is 24.1 Å². The van der Waals surface area contributed by atoms with Gasteiger partial charge in [-0.05, 0) is 46.2 Å². The number of rotatable bonds is 4. The molecule has 3 aromatic carbocycles. The number of carbonyl (C=O) groups is 1. The molecule has 34 heavy (non-hydrogen) atoms. The van der Waals surface area contributed by atoms with Crippen LogP contribution in [-0.4, -0.2) is 45.7 Å². The monoisotopic (exact) mass is 458 g/mol. The molecule has 1 saturated heterocycles. The lowest BCUT2D eigenvalue weighted by Gasteiger charge is -2.39. The first-order chi connectivity index (χ1) is 16.5. The Kier molecular flexibility index (Phi) is 6.54. The van der Waals surface area contributed by atoms with Gasteiger partial charge < -0.3 is 15.4 Å². The predicted octanol–water partition coefficient (Wildman–Crippen LogP) is 4.46. The molecule has 0 aliphatic carbocycles. The van der Waals surface area contributed by atoms with Crippen molar-refractivity contribution in [3.8, 4) is 16.9 Å². The highest BCUT2D eigenvalue weighted by Crippen LogP contribution is 2.34. The summed E-state index contributed by atoms with van der Waals surface area (Å²) < 4.78 is 1.48. The van der Waals surface area contributed by atoms with E-state index in [9.17, 15) is 14.7 Å². The zero-order valence-corrected chi connectivity index (χ0v) is 20.0. The van der Waals surface area contributed by atoms with E-state index >= 15 is 0 Å². The Morgan fingerprint density at radius 3 is 2.53 bits per heavy atom. The summed E-state index contributed by atoms with van der Waals surface area (Å²) in [6.45, 7) is 6.99. The zero-order chi connectivity index (χ0) is 24.4. The van der Waals surface area contributed by atoms with Gasteiger partial charge in [0.2, 0.25) is 5.91 Å². The van der Waals surface area contributed by atoms with Gasteiger partial charge in [-0.3, -0.25) is 9.59 Å². The average Bonchev–Trinajstić information content (AvgIpc) is 2.83. The number of phenols is 1. The van der Waals surface area contributed by atoms with Crippen LogP contribution >= 0.6 is 0 Å². The van der Waals surface area contributed by atoms with Gasteiger partial charge in [0.25, 0.3) is 5.56 Å². The fraction of sp³-hybridized carbons (Fsp3) is 0.296. The van der Waals surface area contributed by atoms with Crippen molar-refractivity contribution in [3.63, 3.8) is 0 Å². The average molecular weight is 459 g/mol. The van der Waals surface area contributed by atoms with Gasteiger partial charge in [-0.1, -0.05) is 51.1 Å². The quantitative estimate of drug-likeness (QED) is 0.472. The Bertz CT molecular complexity index is 1420. The molecule has 0 atom stereocenters. The zero-order valence-electron chi connectivity index (χ0n) is 20.0. The molecule has 7 nitrogen and oxygen atoms in total. The number of aromatic nitrogens is 2. The minimum Gasteiger partial charge on any atom is -0.508 e. The van der Waals surface area contributed by atoms with Crippen molar-refractivity contribution in [2.75, 3.05) is 25.6 Å². The highest BCUT2D eigenvalue weighted by atomic mass is 16.3. The Morgan fingerprint density at radius 1 is 1.09 bits per heavy atom. The van der Waals surface area contributed by atoms with Gasteiger partial charge >= 0.3 is 0 Å². The molecule has 2 N–H and O–H groups in total. The molecule has 1 amide bonds. The lowest BCUT2D eigenvalue weighted by atomic mass is 9.96. The van der Waals surface area contributed by atoms with Crippen molar-refractivity contribution in [1.29, 1.82) is 0 Å². The van der Waals surface area contributed by atoms with Gasteiger partial charge in [0, 0.05) is 26.6 Å². The first kappa shape index (κ1) is 23.3. The van der Waals surface area contributed by atoms with Crippen molar-refractivity contribution >= 4 is 27.6 Å². The number of hydrogen-bond acceptors (Lipinski definition) is 5. The fourth-order valence-corrected chi connectivity index (χ4v) is 4.46. The lowest BCUT2D eigenvalue weighted by molar-refractivity contribution is -0.135. The maximum absolute atomic E-state index is 13.3. The number of nitrogens with zero attached hydrogens (tertiary/aromatic N) is 3. The summed E-state index contributed by atoms with van der Waals surface area (Å²) in [4.78, 5) is 31.8. The molecule has 0 bridgehead atoms. The Labute approximate surface area is 198 Å². The Hall–Kier alpha value is -3.87. The number of likely N-dealkylation sites (tertiary alicyclic amines) is 1. The molecule has 0 unspecified atom stereocenters. The third kappa shape index (κ3) is 3.98. The number of hydrogen-bond donors (Lipinski definition) is 2. The minimum absolute atomic E-state index is 0.0183. The van der Waals surface area contributed by atoms with Gasteiger partial charge in [-0.15, -0.1) is 0 Å². The smallest absolute Gasteiger partial charge is 0.279 e. The number of aromatic hydroxyl groups is 1. The summed E-state index contributed by atoms with van der Waals surface area (Å²) in [5.41, 5.74) is 5.09. The van der Waals surface area contributed by atoms with Gasteiger partial charge in [0.1, 0.15) is 11.6 Å². The number of fused-ring (bicyclic) bond motifs is 2. The normalized spacial score (nSPS) is 13.4. The van der Waals surface area contributed by atoms with Crippen molar-refractivity contribution in [1.82, 2.24) is 14.6 Å². The number of phenolic OH excluding ortho intramolecular Hbond substituents is 1. The number of benzene rings is 3. The molecule has 1 fully saturated rings. The van der Waals surface area contributed by atoms with Crippen LogP contribution in [0.1, 0.15) is 38.9 Å². The van der Waals surface area contributed by atoms with E-state index in [2.05, 4.69) is 5.43 Å². The van der Waals surface area contributed by atoms with Crippen LogP contribution in [-0.2, 0) is 4.79 Å². The lowest BCUT2D eigenvalue weighted by Crippen LogP contribution is -2.50. The summed E-state index contributed by atoms with van der Waals surface area (Å²) in [6, 6.07) is 16.9. The van der Waals surface area contributed by atoms with Crippen molar-refractivity contribution in [2.24, 2.45) is 0 Å². The SMILES string of the molecule is CC.CCC(=O)N1CC(c2nc3ccc(-c4cc(O)cc5ccccc45)cc3c(=O)n2NC)C1. The topological polar surface area (TPSA) is 87.5 Å². The van der Waals surface area contributed by atoms with Crippen molar-refractivity contribution in [2.45, 2.75) is 33.1 Å². The maximum atomic E-state index is 13.3. The highest BCUT2D eigenvalue weighted by Gasteiger charge is 2.34. The van der Waals surface area contributed by atoms with Crippen LogP contribution in [0, 0.1) is 0 Å². The molecule has 0 radical (unpaired) electrons. The molecule has 1 aliphatic heterocycles. The summed E-state index contributed by atoms with van der Waals surface area (Å²) in [6.07, 6.45) is 0.475. The highest BCUT2D eigenvalue weighted by molar-refractivity contribution is 5.99. The Morgan fingerprint density at radius 2 is 1.82 bits per heavy atom.